The van der Waals surface area contributed by atoms with Crippen molar-refractivity contribution in [2.24, 2.45) is 0 Å². The number of hydrogen-bond acceptors (Lipinski definition) is 7. The van der Waals surface area contributed by atoms with Crippen LogP contribution in [0.1, 0.15) is 18.1 Å². The summed E-state index contributed by atoms with van der Waals surface area (Å²) in [5, 5.41) is 11.4. The highest BCUT2D eigenvalue weighted by atomic mass is 32.1. The van der Waals surface area contributed by atoms with Crippen LogP contribution in [0.3, 0.4) is 0 Å². The van der Waals surface area contributed by atoms with E-state index in [4.69, 9.17) is 9.84 Å². The van der Waals surface area contributed by atoms with Gasteiger partial charge in [-0.15, -0.1) is 0 Å². The Morgan fingerprint density at radius 3 is 2.37 bits per heavy atom. The first-order chi connectivity index (χ1) is 19.6. The van der Waals surface area contributed by atoms with E-state index < -0.39 is 17.7 Å². The van der Waals surface area contributed by atoms with Crippen LogP contribution in [0.5, 0.6) is 11.6 Å². The molecule has 2 aromatic heterocycles. The second-order valence-electron chi connectivity index (χ2n) is 8.30. The molecule has 12 heteroatoms. The monoisotopic (exact) mass is 578 g/mol. The molecule has 0 radical (unpaired) electrons. The van der Waals surface area contributed by atoms with Crippen molar-refractivity contribution in [3.05, 3.63) is 102 Å². The number of halogens is 3. The standard InChI is InChI=1S/C20H13F3N4O2S.C9H8O2/c1-11(28)26-19-27-18-15(3-2-4-16(18)30-19)29-17-9-14(24-10-25-17)12-5-7-13(8-6-12)20(21,22)23;10-9(11)7-6-8-4-2-1-3-5-8/h2-10H,1H3,(H,26,27,28);1-7H,(H,10,11)/b;7-6+. The van der Waals surface area contributed by atoms with Crippen molar-refractivity contribution in [1.82, 2.24) is 15.0 Å². The van der Waals surface area contributed by atoms with Gasteiger partial charge in [-0.2, -0.15) is 13.2 Å². The number of amides is 1. The van der Waals surface area contributed by atoms with Crippen LogP contribution in [-0.2, 0) is 15.8 Å². The lowest BCUT2D eigenvalue weighted by Gasteiger charge is -2.09. The summed E-state index contributed by atoms with van der Waals surface area (Å²) in [5.41, 5.74) is 1.63. The van der Waals surface area contributed by atoms with Crippen LogP contribution in [0.2, 0.25) is 0 Å². The fourth-order valence-electron chi connectivity index (χ4n) is 3.44. The average molecular weight is 579 g/mol. The third kappa shape index (κ3) is 8.19. The predicted octanol–water partition coefficient (Wildman–Crippen LogP) is 7.31. The van der Waals surface area contributed by atoms with E-state index in [0.29, 0.717) is 27.7 Å². The zero-order valence-corrected chi connectivity index (χ0v) is 22.1. The molecule has 208 valence electrons. The molecule has 0 saturated heterocycles. The lowest BCUT2D eigenvalue weighted by atomic mass is 10.1. The van der Waals surface area contributed by atoms with Crippen LogP contribution in [0, 0.1) is 0 Å². The molecule has 5 rings (SSSR count). The summed E-state index contributed by atoms with van der Waals surface area (Å²) in [6.45, 7) is 1.40. The summed E-state index contributed by atoms with van der Waals surface area (Å²) in [7, 11) is 0. The SMILES string of the molecule is CC(=O)Nc1nc2c(Oc3cc(-c4ccc(C(F)(F)F)cc4)ncn3)cccc2s1.O=C(O)/C=C/c1ccccc1. The number of ether oxygens (including phenoxy) is 1. The number of benzene rings is 3. The maximum absolute atomic E-state index is 12.8. The minimum absolute atomic E-state index is 0.210. The van der Waals surface area contributed by atoms with E-state index in [2.05, 4.69) is 20.3 Å². The number of carboxylic acids is 1. The summed E-state index contributed by atoms with van der Waals surface area (Å²) in [6.07, 6.45) is -0.454. The maximum Gasteiger partial charge on any atom is 0.416 e. The zero-order valence-electron chi connectivity index (χ0n) is 21.3. The first-order valence-electron chi connectivity index (χ1n) is 11.9. The van der Waals surface area contributed by atoms with E-state index in [9.17, 15) is 22.8 Å². The third-order valence-corrected chi connectivity index (χ3v) is 6.18. The van der Waals surface area contributed by atoms with Crippen LogP contribution in [-0.4, -0.2) is 31.9 Å². The number of aliphatic carboxylic acids is 1. The summed E-state index contributed by atoms with van der Waals surface area (Å²) in [5.74, 6) is -0.513. The van der Waals surface area contributed by atoms with Gasteiger partial charge >= 0.3 is 12.1 Å². The van der Waals surface area contributed by atoms with E-state index >= 15 is 0 Å². The number of carbonyl (C=O) groups excluding carboxylic acids is 1. The molecule has 0 aliphatic rings. The van der Waals surface area contributed by atoms with E-state index in [1.807, 2.05) is 36.4 Å². The summed E-state index contributed by atoms with van der Waals surface area (Å²) in [4.78, 5) is 33.9. The first kappa shape index (κ1) is 28.9. The van der Waals surface area contributed by atoms with Crippen molar-refractivity contribution in [2.75, 3.05) is 5.32 Å². The van der Waals surface area contributed by atoms with Gasteiger partial charge < -0.3 is 15.2 Å². The van der Waals surface area contributed by atoms with E-state index in [1.165, 1.54) is 42.8 Å². The predicted molar refractivity (Wildman–Crippen MR) is 150 cm³/mol. The average Bonchev–Trinajstić information content (AvgIpc) is 3.35. The molecule has 0 unspecified atom stereocenters. The van der Waals surface area contributed by atoms with Crippen LogP contribution in [0.25, 0.3) is 27.6 Å². The molecule has 5 aromatic rings. The van der Waals surface area contributed by atoms with Gasteiger partial charge in [-0.25, -0.2) is 19.7 Å². The number of rotatable bonds is 6. The molecule has 0 atom stereocenters. The largest absolute Gasteiger partial charge is 0.478 e. The van der Waals surface area contributed by atoms with Crippen LogP contribution < -0.4 is 10.1 Å². The Kier molecular flexibility index (Phi) is 9.05. The third-order valence-electron chi connectivity index (χ3n) is 5.25. The molecule has 2 N–H and O–H groups in total. The van der Waals surface area contributed by atoms with Gasteiger partial charge in [-0.05, 0) is 35.9 Å². The van der Waals surface area contributed by atoms with Gasteiger partial charge in [-0.3, -0.25) is 4.79 Å². The highest BCUT2D eigenvalue weighted by Gasteiger charge is 2.30. The molecule has 41 heavy (non-hydrogen) atoms. The van der Waals surface area contributed by atoms with E-state index in [1.54, 1.807) is 18.2 Å². The maximum atomic E-state index is 12.8. The van der Waals surface area contributed by atoms with Crippen molar-refractivity contribution < 1.29 is 32.6 Å². The number of carboxylic acid groups (broad SMARTS) is 1. The lowest BCUT2D eigenvalue weighted by molar-refractivity contribution is -0.137. The molecular weight excluding hydrogens is 557 g/mol. The van der Waals surface area contributed by atoms with Gasteiger partial charge in [0.1, 0.15) is 11.8 Å². The van der Waals surface area contributed by atoms with Gasteiger partial charge in [-0.1, -0.05) is 59.9 Å². The highest BCUT2D eigenvalue weighted by Crippen LogP contribution is 2.35. The number of anilines is 1. The van der Waals surface area contributed by atoms with Gasteiger partial charge in [0.15, 0.2) is 10.9 Å². The zero-order chi connectivity index (χ0) is 29.4. The second kappa shape index (κ2) is 12.8. The Hall–Kier alpha value is -5.10. The number of nitrogens with zero attached hydrogens (tertiary/aromatic N) is 3. The number of aromatic nitrogens is 3. The number of alkyl halides is 3. The second-order valence-corrected chi connectivity index (χ2v) is 9.33. The lowest BCUT2D eigenvalue weighted by Crippen LogP contribution is -2.04. The molecule has 0 fully saturated rings. The number of para-hydroxylation sites is 1. The number of hydrogen-bond donors (Lipinski definition) is 2. The van der Waals surface area contributed by atoms with Crippen LogP contribution in [0.4, 0.5) is 18.3 Å². The molecule has 1 amide bonds. The summed E-state index contributed by atoms with van der Waals surface area (Å²) >= 11 is 1.31. The number of nitrogens with one attached hydrogen (secondary N) is 1. The molecule has 0 aliphatic heterocycles. The Bertz CT molecular complexity index is 1690. The molecule has 0 aliphatic carbocycles. The minimum Gasteiger partial charge on any atom is -0.478 e. The molecular formula is C29H21F3N4O4S. The fourth-order valence-corrected chi connectivity index (χ4v) is 4.37. The summed E-state index contributed by atoms with van der Waals surface area (Å²) < 4.78 is 44.9. The fraction of sp³-hybridized carbons (Fsp3) is 0.0690. The van der Waals surface area contributed by atoms with Gasteiger partial charge in [0.05, 0.1) is 16.0 Å². The van der Waals surface area contributed by atoms with Crippen molar-refractivity contribution in [2.45, 2.75) is 13.1 Å². The Balaban J connectivity index is 0.000000296. The van der Waals surface area contributed by atoms with Crippen molar-refractivity contribution in [1.29, 1.82) is 0 Å². The summed E-state index contributed by atoms with van der Waals surface area (Å²) in [6, 6.07) is 20.9. The molecule has 0 saturated carbocycles. The van der Waals surface area contributed by atoms with Crippen LogP contribution >= 0.6 is 11.3 Å². The van der Waals surface area contributed by atoms with Gasteiger partial charge in [0.2, 0.25) is 11.8 Å². The van der Waals surface area contributed by atoms with Crippen molar-refractivity contribution in [3.8, 4) is 22.9 Å². The molecule has 3 aromatic carbocycles. The van der Waals surface area contributed by atoms with Gasteiger partial charge in [0, 0.05) is 24.6 Å². The molecule has 8 nitrogen and oxygen atoms in total. The number of thiazole rings is 1. The Labute approximate surface area is 235 Å². The molecule has 0 spiro atoms. The normalized spacial score (nSPS) is 11.1. The van der Waals surface area contributed by atoms with Crippen molar-refractivity contribution >= 4 is 44.6 Å². The molecule has 2 heterocycles. The smallest absolute Gasteiger partial charge is 0.416 e. The number of fused-ring (bicyclic) bond motifs is 1. The Morgan fingerprint density at radius 1 is 0.976 bits per heavy atom. The highest BCUT2D eigenvalue weighted by molar-refractivity contribution is 7.22. The topological polar surface area (TPSA) is 114 Å². The van der Waals surface area contributed by atoms with E-state index in [0.717, 1.165) is 28.5 Å². The Morgan fingerprint density at radius 2 is 1.71 bits per heavy atom. The first-order valence-corrected chi connectivity index (χ1v) is 12.7. The van der Waals surface area contributed by atoms with Crippen molar-refractivity contribution in [3.63, 3.8) is 0 Å². The number of carbonyl (C=O) groups is 2. The van der Waals surface area contributed by atoms with Gasteiger partial charge in [0.25, 0.3) is 0 Å². The molecule has 0 bridgehead atoms. The quantitative estimate of drug-likeness (QED) is 0.203. The van der Waals surface area contributed by atoms with Crippen LogP contribution in [0.15, 0.2) is 91.3 Å². The van der Waals surface area contributed by atoms with E-state index in [-0.39, 0.29) is 11.8 Å². The minimum atomic E-state index is -4.40.